The maximum Gasteiger partial charge on any atom is 0.262 e. The monoisotopic (exact) mass is 436 g/mol. The van der Waals surface area contributed by atoms with Gasteiger partial charge in [0.2, 0.25) is 5.91 Å². The Hall–Kier alpha value is -3.26. The molecule has 0 aliphatic carbocycles. The number of imidazole rings is 1. The number of nitrogens with one attached hydrogen (secondary N) is 2. The second kappa shape index (κ2) is 9.26. The molecule has 0 saturated heterocycles. The van der Waals surface area contributed by atoms with Crippen molar-refractivity contribution >= 4 is 29.3 Å². The first-order valence-electron chi connectivity index (χ1n) is 10.0. The van der Waals surface area contributed by atoms with Crippen LogP contribution in [0.15, 0.2) is 59.8 Å². The molecular formula is C23H24N4O3S. The van der Waals surface area contributed by atoms with Gasteiger partial charge in [-0.2, -0.15) is 0 Å². The summed E-state index contributed by atoms with van der Waals surface area (Å²) in [5, 5.41) is 3.30. The van der Waals surface area contributed by atoms with Crippen LogP contribution in [0.4, 0.5) is 5.69 Å². The summed E-state index contributed by atoms with van der Waals surface area (Å²) in [5.74, 6) is 0.368. The highest BCUT2D eigenvalue weighted by Crippen LogP contribution is 2.34. The fourth-order valence-corrected chi connectivity index (χ4v) is 4.29. The summed E-state index contributed by atoms with van der Waals surface area (Å²) in [6.07, 6.45) is -0.000299. The molecule has 1 aromatic heterocycles. The Balaban J connectivity index is 1.45. The third kappa shape index (κ3) is 4.74. The summed E-state index contributed by atoms with van der Waals surface area (Å²) in [6.45, 7) is 2.16. The van der Waals surface area contributed by atoms with E-state index >= 15 is 0 Å². The number of likely N-dealkylation sites (N-methyl/N-ethyl adjacent to an activating group) is 1. The molecule has 0 fully saturated rings. The number of aromatic amines is 1. The molecule has 3 aromatic rings. The number of hydrogen-bond acceptors (Lipinski definition) is 5. The van der Waals surface area contributed by atoms with Gasteiger partial charge in [0.25, 0.3) is 5.91 Å². The van der Waals surface area contributed by atoms with Crippen LogP contribution in [0.2, 0.25) is 0 Å². The molecule has 0 spiro atoms. The van der Waals surface area contributed by atoms with E-state index < -0.39 is 6.10 Å². The standard InChI is InChI=1S/C23H24N4O3S/c1-15-17(12-16-8-4-3-5-9-16)26-23(25-15)31-14-21(28)27-13-20(22(29)24-2)30-19-11-7-6-10-18(19)27/h3-11,20H,12-14H2,1-2H3,(H,24,29)(H,25,26). The van der Waals surface area contributed by atoms with E-state index in [2.05, 4.69) is 27.4 Å². The van der Waals surface area contributed by atoms with E-state index in [4.69, 9.17) is 4.74 Å². The molecule has 31 heavy (non-hydrogen) atoms. The zero-order valence-electron chi connectivity index (χ0n) is 17.4. The van der Waals surface area contributed by atoms with E-state index in [0.717, 1.165) is 17.8 Å². The van der Waals surface area contributed by atoms with Crippen molar-refractivity contribution in [3.8, 4) is 5.75 Å². The number of thioether (sulfide) groups is 1. The Morgan fingerprint density at radius 3 is 2.71 bits per heavy atom. The van der Waals surface area contributed by atoms with Gasteiger partial charge in [0, 0.05) is 19.2 Å². The predicted molar refractivity (Wildman–Crippen MR) is 121 cm³/mol. The molecule has 2 amide bonds. The normalized spacial score (nSPS) is 15.2. The molecule has 160 valence electrons. The maximum absolute atomic E-state index is 13.0. The second-order valence-corrected chi connectivity index (χ2v) is 8.22. The first-order chi connectivity index (χ1) is 15.0. The van der Waals surface area contributed by atoms with Crippen LogP contribution in [0.1, 0.15) is 17.0 Å². The van der Waals surface area contributed by atoms with Gasteiger partial charge in [-0.3, -0.25) is 9.59 Å². The molecule has 2 N–H and O–H groups in total. The smallest absolute Gasteiger partial charge is 0.262 e. The van der Waals surface area contributed by atoms with Crippen molar-refractivity contribution in [3.63, 3.8) is 0 Å². The summed E-state index contributed by atoms with van der Waals surface area (Å²) in [7, 11) is 1.56. The van der Waals surface area contributed by atoms with Crippen molar-refractivity contribution < 1.29 is 14.3 Å². The molecule has 0 bridgehead atoms. The van der Waals surface area contributed by atoms with E-state index in [1.165, 1.54) is 17.3 Å². The number of aryl methyl sites for hydroxylation is 1. The number of benzene rings is 2. The van der Waals surface area contributed by atoms with E-state index in [9.17, 15) is 9.59 Å². The Labute approximate surface area is 185 Å². The number of carbonyl (C=O) groups excluding carboxylic acids is 2. The van der Waals surface area contributed by atoms with Crippen LogP contribution in [0.5, 0.6) is 5.75 Å². The SMILES string of the molecule is CNC(=O)C1CN(C(=O)CSc2nc(Cc3ccccc3)c(C)[nH]2)c2ccccc2O1. The van der Waals surface area contributed by atoms with Gasteiger partial charge in [0.05, 0.1) is 23.7 Å². The zero-order chi connectivity index (χ0) is 21.8. The summed E-state index contributed by atoms with van der Waals surface area (Å²) in [6, 6.07) is 17.4. The van der Waals surface area contributed by atoms with Crippen LogP contribution in [0.25, 0.3) is 0 Å². The van der Waals surface area contributed by atoms with Crippen LogP contribution in [-0.4, -0.2) is 47.2 Å². The average Bonchev–Trinajstić information content (AvgIpc) is 3.15. The van der Waals surface area contributed by atoms with Gasteiger partial charge in [0.1, 0.15) is 5.75 Å². The van der Waals surface area contributed by atoms with Gasteiger partial charge in [-0.15, -0.1) is 0 Å². The molecule has 7 nitrogen and oxygen atoms in total. The lowest BCUT2D eigenvalue weighted by molar-refractivity contribution is -0.127. The summed E-state index contributed by atoms with van der Waals surface area (Å²) in [4.78, 5) is 34.7. The third-order valence-corrected chi connectivity index (χ3v) is 5.98. The largest absolute Gasteiger partial charge is 0.477 e. The quantitative estimate of drug-likeness (QED) is 0.580. The molecule has 2 heterocycles. The van der Waals surface area contributed by atoms with Gasteiger partial charge in [0.15, 0.2) is 11.3 Å². The minimum Gasteiger partial charge on any atom is -0.477 e. The molecule has 1 atom stereocenters. The Kier molecular flexibility index (Phi) is 6.27. The zero-order valence-corrected chi connectivity index (χ0v) is 18.2. The van der Waals surface area contributed by atoms with Gasteiger partial charge >= 0.3 is 0 Å². The molecule has 8 heteroatoms. The lowest BCUT2D eigenvalue weighted by atomic mass is 10.1. The number of anilines is 1. The lowest BCUT2D eigenvalue weighted by Crippen LogP contribution is -2.50. The predicted octanol–water partition coefficient (Wildman–Crippen LogP) is 2.94. The maximum atomic E-state index is 13.0. The number of ether oxygens (including phenoxy) is 1. The Morgan fingerprint density at radius 1 is 1.19 bits per heavy atom. The van der Waals surface area contributed by atoms with Crippen LogP contribution in [0.3, 0.4) is 0 Å². The number of rotatable bonds is 6. The van der Waals surface area contributed by atoms with E-state index in [1.54, 1.807) is 18.0 Å². The molecule has 2 aromatic carbocycles. The molecular weight excluding hydrogens is 412 g/mol. The molecule has 1 unspecified atom stereocenters. The van der Waals surface area contributed by atoms with E-state index in [-0.39, 0.29) is 24.1 Å². The molecule has 0 radical (unpaired) electrons. The van der Waals surface area contributed by atoms with Gasteiger partial charge < -0.3 is 19.9 Å². The van der Waals surface area contributed by atoms with E-state index in [0.29, 0.717) is 16.6 Å². The molecule has 0 saturated carbocycles. The number of carbonyl (C=O) groups is 2. The highest BCUT2D eigenvalue weighted by atomic mass is 32.2. The van der Waals surface area contributed by atoms with Gasteiger partial charge in [-0.05, 0) is 24.6 Å². The van der Waals surface area contributed by atoms with Crippen molar-refractivity contribution in [1.82, 2.24) is 15.3 Å². The summed E-state index contributed by atoms with van der Waals surface area (Å²) in [5.41, 5.74) is 3.83. The van der Waals surface area contributed by atoms with Crippen molar-refractivity contribution in [1.29, 1.82) is 0 Å². The molecule has 1 aliphatic heterocycles. The van der Waals surface area contributed by atoms with Crippen molar-refractivity contribution in [2.45, 2.75) is 24.6 Å². The number of nitrogens with zero attached hydrogens (tertiary/aromatic N) is 2. The Bertz CT molecular complexity index is 1080. The minimum absolute atomic E-state index is 0.103. The number of hydrogen-bond donors (Lipinski definition) is 2. The fraction of sp³-hybridized carbons (Fsp3) is 0.261. The number of H-pyrrole nitrogens is 1. The van der Waals surface area contributed by atoms with Crippen LogP contribution in [-0.2, 0) is 16.0 Å². The van der Waals surface area contributed by atoms with Gasteiger partial charge in [-0.1, -0.05) is 54.2 Å². The number of para-hydroxylation sites is 2. The topological polar surface area (TPSA) is 87.3 Å². The third-order valence-electron chi connectivity index (χ3n) is 5.12. The van der Waals surface area contributed by atoms with E-state index in [1.807, 2.05) is 43.3 Å². The highest BCUT2D eigenvalue weighted by molar-refractivity contribution is 7.99. The fourth-order valence-electron chi connectivity index (χ4n) is 3.47. The first kappa shape index (κ1) is 21.0. The Morgan fingerprint density at radius 2 is 1.94 bits per heavy atom. The van der Waals surface area contributed by atoms with Crippen LogP contribution < -0.4 is 15.0 Å². The van der Waals surface area contributed by atoms with Crippen molar-refractivity contribution in [3.05, 3.63) is 71.5 Å². The summed E-state index contributed by atoms with van der Waals surface area (Å²) < 4.78 is 5.77. The molecule has 4 rings (SSSR count). The lowest BCUT2D eigenvalue weighted by Gasteiger charge is -2.33. The average molecular weight is 437 g/mol. The van der Waals surface area contributed by atoms with Crippen molar-refractivity contribution in [2.75, 3.05) is 24.2 Å². The number of fused-ring (bicyclic) bond motifs is 1. The summed E-state index contributed by atoms with van der Waals surface area (Å²) >= 11 is 1.36. The van der Waals surface area contributed by atoms with Gasteiger partial charge in [-0.25, -0.2) is 4.98 Å². The van der Waals surface area contributed by atoms with Crippen LogP contribution in [0, 0.1) is 6.92 Å². The first-order valence-corrected chi connectivity index (χ1v) is 11.0. The molecule has 1 aliphatic rings. The minimum atomic E-state index is -0.739. The highest BCUT2D eigenvalue weighted by Gasteiger charge is 2.33. The number of aromatic nitrogens is 2. The van der Waals surface area contributed by atoms with Crippen LogP contribution >= 0.6 is 11.8 Å². The second-order valence-electron chi connectivity index (χ2n) is 7.26. The van der Waals surface area contributed by atoms with Crippen molar-refractivity contribution in [2.24, 2.45) is 0 Å². The number of amides is 2.